The molecular formula is C20H16N2O4. The van der Waals surface area contributed by atoms with Crippen LogP contribution in [0.25, 0.3) is 0 Å². The van der Waals surface area contributed by atoms with Crippen LogP contribution in [0.3, 0.4) is 0 Å². The van der Waals surface area contributed by atoms with Crippen LogP contribution in [0.15, 0.2) is 65.1 Å². The molecule has 1 heterocycles. The number of benzene rings is 2. The highest BCUT2D eigenvalue weighted by Crippen LogP contribution is 2.20. The van der Waals surface area contributed by atoms with Crippen LogP contribution in [0, 0.1) is 11.3 Å². The molecule has 26 heavy (non-hydrogen) atoms. The summed E-state index contributed by atoms with van der Waals surface area (Å²) in [4.78, 5) is 12.3. The number of carbonyl (C=O) groups excluding carboxylic acids is 1. The van der Waals surface area contributed by atoms with Crippen LogP contribution in [0.1, 0.15) is 21.9 Å². The van der Waals surface area contributed by atoms with E-state index in [2.05, 4.69) is 5.32 Å². The van der Waals surface area contributed by atoms with Crippen molar-refractivity contribution in [2.45, 2.75) is 6.61 Å². The van der Waals surface area contributed by atoms with Gasteiger partial charge < -0.3 is 19.2 Å². The van der Waals surface area contributed by atoms with Crippen molar-refractivity contribution < 1.29 is 18.7 Å². The molecule has 1 aromatic heterocycles. The van der Waals surface area contributed by atoms with Crippen molar-refractivity contribution >= 4 is 11.6 Å². The number of nitrogens with one attached hydrogen (secondary N) is 1. The van der Waals surface area contributed by atoms with E-state index in [0.717, 1.165) is 5.75 Å². The van der Waals surface area contributed by atoms with Crippen molar-refractivity contribution in [2.75, 3.05) is 12.4 Å². The van der Waals surface area contributed by atoms with E-state index in [1.54, 1.807) is 67.8 Å². The van der Waals surface area contributed by atoms with Gasteiger partial charge in [-0.3, -0.25) is 4.79 Å². The highest BCUT2D eigenvalue weighted by molar-refractivity contribution is 6.03. The lowest BCUT2D eigenvalue weighted by Gasteiger charge is -2.06. The van der Waals surface area contributed by atoms with E-state index in [-0.39, 0.29) is 12.4 Å². The summed E-state index contributed by atoms with van der Waals surface area (Å²) in [5, 5.41) is 11.7. The van der Waals surface area contributed by atoms with Crippen molar-refractivity contribution in [2.24, 2.45) is 0 Å². The fourth-order valence-electron chi connectivity index (χ4n) is 2.28. The van der Waals surface area contributed by atoms with E-state index in [4.69, 9.17) is 19.2 Å². The number of furan rings is 1. The second kappa shape index (κ2) is 7.90. The molecule has 0 atom stereocenters. The topological polar surface area (TPSA) is 84.5 Å². The number of hydrogen-bond acceptors (Lipinski definition) is 5. The zero-order valence-electron chi connectivity index (χ0n) is 14.1. The lowest BCUT2D eigenvalue weighted by atomic mass is 10.2. The van der Waals surface area contributed by atoms with Crippen LogP contribution in [0.4, 0.5) is 5.69 Å². The fourth-order valence-corrected chi connectivity index (χ4v) is 2.28. The minimum atomic E-state index is -0.427. The molecule has 0 saturated carbocycles. The van der Waals surface area contributed by atoms with E-state index >= 15 is 0 Å². The molecule has 0 bridgehead atoms. The third-order valence-corrected chi connectivity index (χ3v) is 3.62. The summed E-state index contributed by atoms with van der Waals surface area (Å²) >= 11 is 0. The lowest BCUT2D eigenvalue weighted by Crippen LogP contribution is -2.11. The first-order chi connectivity index (χ1) is 12.7. The summed E-state index contributed by atoms with van der Waals surface area (Å²) < 4.78 is 16.2. The van der Waals surface area contributed by atoms with E-state index in [0.29, 0.717) is 22.8 Å². The predicted molar refractivity (Wildman–Crippen MR) is 95.1 cm³/mol. The number of ether oxygens (including phenoxy) is 2. The molecule has 0 fully saturated rings. The zero-order chi connectivity index (χ0) is 18.4. The van der Waals surface area contributed by atoms with Gasteiger partial charge in [-0.2, -0.15) is 5.26 Å². The van der Waals surface area contributed by atoms with Gasteiger partial charge in [0.1, 0.15) is 29.9 Å². The van der Waals surface area contributed by atoms with Gasteiger partial charge in [0.2, 0.25) is 0 Å². The molecule has 0 unspecified atom stereocenters. The van der Waals surface area contributed by atoms with Gasteiger partial charge in [0.05, 0.1) is 18.4 Å². The largest absolute Gasteiger partial charge is 0.497 e. The Morgan fingerprint density at radius 1 is 1.08 bits per heavy atom. The van der Waals surface area contributed by atoms with E-state index in [9.17, 15) is 4.79 Å². The Hall–Kier alpha value is -3.72. The van der Waals surface area contributed by atoms with Gasteiger partial charge in [0.15, 0.2) is 5.76 Å². The molecule has 0 aliphatic heterocycles. The highest BCUT2D eigenvalue weighted by atomic mass is 16.5. The third kappa shape index (κ3) is 4.02. The molecule has 130 valence electrons. The van der Waals surface area contributed by atoms with Crippen molar-refractivity contribution in [3.05, 3.63) is 77.7 Å². The summed E-state index contributed by atoms with van der Waals surface area (Å²) in [6, 6.07) is 19.2. The Bertz CT molecular complexity index is 939. The van der Waals surface area contributed by atoms with E-state index in [1.807, 2.05) is 6.07 Å². The quantitative estimate of drug-likeness (QED) is 0.728. The van der Waals surface area contributed by atoms with Gasteiger partial charge in [0.25, 0.3) is 5.91 Å². The number of carbonyl (C=O) groups is 1. The highest BCUT2D eigenvalue weighted by Gasteiger charge is 2.13. The van der Waals surface area contributed by atoms with Gasteiger partial charge in [0, 0.05) is 0 Å². The SMILES string of the molecule is COc1ccc(OCc2ccc(C(=O)Nc3ccccc3C#N)o2)cc1. The molecule has 0 aliphatic rings. The minimum absolute atomic E-state index is 0.145. The fraction of sp³-hybridized carbons (Fsp3) is 0.100. The van der Waals surface area contributed by atoms with Crippen LogP contribution in [0.2, 0.25) is 0 Å². The van der Waals surface area contributed by atoms with Crippen molar-refractivity contribution in [1.82, 2.24) is 0 Å². The summed E-state index contributed by atoms with van der Waals surface area (Å²) in [6.07, 6.45) is 0. The van der Waals surface area contributed by atoms with Crippen LogP contribution in [-0.4, -0.2) is 13.0 Å². The Balaban J connectivity index is 1.61. The number of rotatable bonds is 6. The average Bonchev–Trinajstić information content (AvgIpc) is 3.16. The summed E-state index contributed by atoms with van der Waals surface area (Å²) in [5.41, 5.74) is 0.822. The van der Waals surface area contributed by atoms with Crippen LogP contribution >= 0.6 is 0 Å². The van der Waals surface area contributed by atoms with Gasteiger partial charge >= 0.3 is 0 Å². The summed E-state index contributed by atoms with van der Waals surface area (Å²) in [7, 11) is 1.60. The lowest BCUT2D eigenvalue weighted by molar-refractivity contribution is 0.0992. The Labute approximate surface area is 150 Å². The Kier molecular flexibility index (Phi) is 5.20. The van der Waals surface area contributed by atoms with Crippen LogP contribution in [-0.2, 0) is 6.61 Å². The third-order valence-electron chi connectivity index (χ3n) is 3.62. The predicted octanol–water partition coefficient (Wildman–Crippen LogP) is 3.99. The maximum atomic E-state index is 12.3. The van der Waals surface area contributed by atoms with Crippen molar-refractivity contribution in [1.29, 1.82) is 5.26 Å². The molecule has 3 aromatic rings. The standard InChI is InChI=1S/C20H16N2O4/c1-24-15-6-8-16(9-7-15)25-13-17-10-11-19(26-17)20(23)22-18-5-3-2-4-14(18)12-21/h2-11H,13H2,1H3,(H,22,23). The summed E-state index contributed by atoms with van der Waals surface area (Å²) in [5.74, 6) is 1.64. The first-order valence-corrected chi connectivity index (χ1v) is 7.85. The zero-order valence-corrected chi connectivity index (χ0v) is 14.1. The Morgan fingerprint density at radius 3 is 2.54 bits per heavy atom. The first kappa shape index (κ1) is 17.1. The molecule has 6 heteroatoms. The molecule has 1 amide bonds. The second-order valence-corrected chi connectivity index (χ2v) is 5.34. The van der Waals surface area contributed by atoms with Crippen LogP contribution < -0.4 is 14.8 Å². The summed E-state index contributed by atoms with van der Waals surface area (Å²) in [6.45, 7) is 0.189. The molecular weight excluding hydrogens is 332 g/mol. The number of nitrogens with zero attached hydrogens (tertiary/aromatic N) is 1. The molecule has 1 N–H and O–H groups in total. The first-order valence-electron chi connectivity index (χ1n) is 7.85. The van der Waals surface area contributed by atoms with Crippen LogP contribution in [0.5, 0.6) is 11.5 Å². The number of para-hydroxylation sites is 1. The molecule has 6 nitrogen and oxygen atoms in total. The van der Waals surface area contributed by atoms with Crippen molar-refractivity contribution in [3.63, 3.8) is 0 Å². The normalized spacial score (nSPS) is 10.0. The number of hydrogen-bond donors (Lipinski definition) is 1. The number of methoxy groups -OCH3 is 1. The number of amides is 1. The van der Waals surface area contributed by atoms with Gasteiger partial charge in [-0.1, -0.05) is 12.1 Å². The van der Waals surface area contributed by atoms with Crippen molar-refractivity contribution in [3.8, 4) is 17.6 Å². The molecule has 0 spiro atoms. The van der Waals surface area contributed by atoms with E-state index < -0.39 is 5.91 Å². The maximum absolute atomic E-state index is 12.3. The van der Waals surface area contributed by atoms with Gasteiger partial charge in [-0.25, -0.2) is 0 Å². The molecule has 0 aliphatic carbocycles. The Morgan fingerprint density at radius 2 is 1.81 bits per heavy atom. The monoisotopic (exact) mass is 348 g/mol. The molecule has 2 aromatic carbocycles. The molecule has 0 saturated heterocycles. The molecule has 3 rings (SSSR count). The minimum Gasteiger partial charge on any atom is -0.497 e. The number of nitriles is 1. The smallest absolute Gasteiger partial charge is 0.291 e. The number of anilines is 1. The van der Waals surface area contributed by atoms with E-state index in [1.165, 1.54) is 0 Å². The molecule has 0 radical (unpaired) electrons. The van der Waals surface area contributed by atoms with Gasteiger partial charge in [-0.15, -0.1) is 0 Å². The maximum Gasteiger partial charge on any atom is 0.291 e. The average molecular weight is 348 g/mol. The van der Waals surface area contributed by atoms with Gasteiger partial charge in [-0.05, 0) is 48.5 Å². The second-order valence-electron chi connectivity index (χ2n) is 5.34.